The first-order valence-corrected chi connectivity index (χ1v) is 11.6. The smallest absolute Gasteiger partial charge is 0.224 e. The van der Waals surface area contributed by atoms with Crippen molar-refractivity contribution in [2.75, 3.05) is 46.3 Å². The Labute approximate surface area is 193 Å². The molecule has 2 atom stereocenters. The number of rotatable bonds is 7. The summed E-state index contributed by atoms with van der Waals surface area (Å²) in [4.78, 5) is 35.9. The van der Waals surface area contributed by atoms with E-state index >= 15 is 0 Å². The molecule has 1 aromatic heterocycles. The van der Waals surface area contributed by atoms with Crippen molar-refractivity contribution >= 4 is 11.8 Å². The molecule has 178 valence electrons. The zero-order valence-electron chi connectivity index (χ0n) is 19.1. The normalized spacial score (nSPS) is 21.8. The molecule has 1 aromatic carbocycles. The van der Waals surface area contributed by atoms with Gasteiger partial charge in [0.15, 0.2) is 0 Å². The molecule has 2 aliphatic heterocycles. The van der Waals surface area contributed by atoms with E-state index in [1.54, 1.807) is 24.7 Å². The van der Waals surface area contributed by atoms with Gasteiger partial charge in [0, 0.05) is 83.4 Å². The molecule has 3 heterocycles. The van der Waals surface area contributed by atoms with Gasteiger partial charge in [-0.05, 0) is 31.3 Å². The van der Waals surface area contributed by atoms with Crippen molar-refractivity contribution in [2.24, 2.45) is 5.92 Å². The lowest BCUT2D eigenvalue weighted by molar-refractivity contribution is -0.140. The van der Waals surface area contributed by atoms with E-state index in [9.17, 15) is 14.0 Å². The summed E-state index contributed by atoms with van der Waals surface area (Å²) >= 11 is 0. The highest BCUT2D eigenvalue weighted by Gasteiger charge is 2.35. The summed E-state index contributed by atoms with van der Waals surface area (Å²) in [6.07, 6.45) is 6.39. The fourth-order valence-corrected chi connectivity index (χ4v) is 4.49. The molecule has 4 rings (SSSR count). The molecule has 9 heteroatoms. The van der Waals surface area contributed by atoms with Crippen LogP contribution in [-0.4, -0.2) is 88.5 Å². The number of halogens is 1. The second-order valence-electron chi connectivity index (χ2n) is 8.94. The number of benzene rings is 1. The molecule has 0 spiro atoms. The summed E-state index contributed by atoms with van der Waals surface area (Å²) in [5.41, 5.74) is 0. The number of ether oxygens (including phenoxy) is 1. The minimum Gasteiger partial charge on any atom is -0.490 e. The number of carbonyl (C=O) groups is 2. The number of nitrogens with zero attached hydrogens (tertiary/aromatic N) is 5. The number of hydrogen-bond acceptors (Lipinski definition) is 5. The van der Waals surface area contributed by atoms with Crippen LogP contribution in [0.3, 0.4) is 0 Å². The Bertz CT molecular complexity index is 913. The van der Waals surface area contributed by atoms with Crippen molar-refractivity contribution in [1.82, 2.24) is 24.3 Å². The molecule has 2 aliphatic rings. The standard InChI is InChI=1S/C24H32FN5O3/c1-27-12-14-29(15-13-27)24(32)16-19-17-30(23(31)7-9-28-11-8-26-18-28)10-6-22(19)33-21-4-2-20(25)3-5-21/h2-5,8,11,18-19,22H,6-7,9-10,12-17H2,1H3/t19-,22-/m0/s1. The molecular weight excluding hydrogens is 425 g/mol. The first-order chi connectivity index (χ1) is 16.0. The summed E-state index contributed by atoms with van der Waals surface area (Å²) in [6.45, 7) is 4.81. The summed E-state index contributed by atoms with van der Waals surface area (Å²) in [6, 6.07) is 5.96. The van der Waals surface area contributed by atoms with E-state index in [2.05, 4.69) is 16.9 Å². The minimum atomic E-state index is -0.317. The molecule has 2 amide bonds. The highest BCUT2D eigenvalue weighted by Crippen LogP contribution is 2.27. The SMILES string of the molecule is CN1CCN(C(=O)C[C@H]2CN(C(=O)CCn3ccnc3)CC[C@@H]2Oc2ccc(F)cc2)CC1. The first-order valence-electron chi connectivity index (χ1n) is 11.6. The van der Waals surface area contributed by atoms with Gasteiger partial charge >= 0.3 is 0 Å². The minimum absolute atomic E-state index is 0.0704. The van der Waals surface area contributed by atoms with E-state index in [4.69, 9.17) is 4.74 Å². The lowest BCUT2D eigenvalue weighted by Crippen LogP contribution is -2.51. The van der Waals surface area contributed by atoms with Crippen LogP contribution in [0.1, 0.15) is 19.3 Å². The average molecular weight is 458 g/mol. The first kappa shape index (κ1) is 23.2. The number of likely N-dealkylation sites (N-methyl/N-ethyl adjacent to an activating group) is 1. The Morgan fingerprint density at radius 3 is 2.52 bits per heavy atom. The number of likely N-dealkylation sites (tertiary alicyclic amines) is 1. The van der Waals surface area contributed by atoms with E-state index in [1.165, 1.54) is 12.1 Å². The molecule has 2 saturated heterocycles. The Morgan fingerprint density at radius 2 is 1.82 bits per heavy atom. The molecule has 0 bridgehead atoms. The Hall–Kier alpha value is -2.94. The van der Waals surface area contributed by atoms with Gasteiger partial charge < -0.3 is 24.0 Å². The molecule has 0 N–H and O–H groups in total. The van der Waals surface area contributed by atoms with Gasteiger partial charge in [-0.2, -0.15) is 0 Å². The molecule has 0 aliphatic carbocycles. The lowest BCUT2D eigenvalue weighted by atomic mass is 9.90. The summed E-state index contributed by atoms with van der Waals surface area (Å²) in [5, 5.41) is 0. The number of aromatic nitrogens is 2. The largest absolute Gasteiger partial charge is 0.490 e. The van der Waals surface area contributed by atoms with Crippen LogP contribution in [0.2, 0.25) is 0 Å². The maximum absolute atomic E-state index is 13.3. The molecule has 0 radical (unpaired) electrons. The molecule has 0 saturated carbocycles. The Balaban J connectivity index is 1.40. The number of piperidine rings is 1. The number of hydrogen-bond donors (Lipinski definition) is 0. The van der Waals surface area contributed by atoms with Crippen molar-refractivity contribution in [3.63, 3.8) is 0 Å². The summed E-state index contributed by atoms with van der Waals surface area (Å²) < 4.78 is 21.4. The second-order valence-corrected chi connectivity index (χ2v) is 8.94. The fraction of sp³-hybridized carbons (Fsp3) is 0.542. The van der Waals surface area contributed by atoms with E-state index < -0.39 is 0 Å². The van der Waals surface area contributed by atoms with Crippen LogP contribution < -0.4 is 4.74 Å². The summed E-state index contributed by atoms with van der Waals surface area (Å²) in [5.74, 6) is 0.323. The topological polar surface area (TPSA) is 70.9 Å². The number of amides is 2. The van der Waals surface area contributed by atoms with Gasteiger partial charge in [-0.3, -0.25) is 9.59 Å². The zero-order valence-corrected chi connectivity index (χ0v) is 19.1. The Kier molecular flexibility index (Phi) is 7.59. The number of imidazole rings is 1. The molecule has 0 unspecified atom stereocenters. The number of carbonyl (C=O) groups excluding carboxylic acids is 2. The van der Waals surface area contributed by atoms with Crippen LogP contribution >= 0.6 is 0 Å². The predicted molar refractivity (Wildman–Crippen MR) is 121 cm³/mol. The van der Waals surface area contributed by atoms with Crippen molar-refractivity contribution in [3.8, 4) is 5.75 Å². The summed E-state index contributed by atoms with van der Waals surface area (Å²) in [7, 11) is 2.06. The lowest BCUT2D eigenvalue weighted by Gasteiger charge is -2.40. The third kappa shape index (κ3) is 6.31. The van der Waals surface area contributed by atoms with Gasteiger partial charge in [-0.25, -0.2) is 9.37 Å². The highest BCUT2D eigenvalue weighted by molar-refractivity contribution is 5.78. The Morgan fingerprint density at radius 1 is 1.06 bits per heavy atom. The van der Waals surface area contributed by atoms with Gasteiger partial charge in [0.2, 0.25) is 11.8 Å². The molecule has 2 fully saturated rings. The molecular formula is C24H32FN5O3. The van der Waals surface area contributed by atoms with Crippen LogP contribution in [0.25, 0.3) is 0 Å². The van der Waals surface area contributed by atoms with E-state index in [1.807, 2.05) is 20.6 Å². The van der Waals surface area contributed by atoms with Crippen LogP contribution in [0.5, 0.6) is 5.75 Å². The average Bonchev–Trinajstić information content (AvgIpc) is 3.34. The van der Waals surface area contributed by atoms with Crippen molar-refractivity contribution < 1.29 is 18.7 Å². The third-order valence-electron chi connectivity index (χ3n) is 6.55. The highest BCUT2D eigenvalue weighted by atomic mass is 19.1. The molecule has 8 nitrogen and oxygen atoms in total. The van der Waals surface area contributed by atoms with Crippen LogP contribution in [-0.2, 0) is 16.1 Å². The van der Waals surface area contributed by atoms with Crippen LogP contribution in [0.15, 0.2) is 43.0 Å². The monoisotopic (exact) mass is 457 g/mol. The fourth-order valence-electron chi connectivity index (χ4n) is 4.49. The molecule has 2 aromatic rings. The second kappa shape index (κ2) is 10.8. The van der Waals surface area contributed by atoms with Gasteiger partial charge in [0.25, 0.3) is 0 Å². The van der Waals surface area contributed by atoms with E-state index in [-0.39, 0.29) is 29.7 Å². The van der Waals surface area contributed by atoms with Crippen molar-refractivity contribution in [2.45, 2.75) is 31.9 Å². The van der Waals surface area contributed by atoms with Gasteiger partial charge in [0.1, 0.15) is 17.7 Å². The maximum Gasteiger partial charge on any atom is 0.224 e. The third-order valence-corrected chi connectivity index (χ3v) is 6.55. The quantitative estimate of drug-likeness (QED) is 0.635. The van der Waals surface area contributed by atoms with E-state index in [0.29, 0.717) is 44.6 Å². The van der Waals surface area contributed by atoms with Crippen LogP contribution in [0.4, 0.5) is 4.39 Å². The van der Waals surface area contributed by atoms with Crippen LogP contribution in [0, 0.1) is 11.7 Å². The zero-order chi connectivity index (χ0) is 23.2. The van der Waals surface area contributed by atoms with Gasteiger partial charge in [-0.15, -0.1) is 0 Å². The number of aryl methyl sites for hydroxylation is 1. The van der Waals surface area contributed by atoms with Gasteiger partial charge in [0.05, 0.1) is 6.33 Å². The predicted octanol–water partition coefficient (Wildman–Crippen LogP) is 1.87. The molecule has 33 heavy (non-hydrogen) atoms. The maximum atomic E-state index is 13.3. The van der Waals surface area contributed by atoms with E-state index in [0.717, 1.165) is 26.2 Å². The van der Waals surface area contributed by atoms with Gasteiger partial charge in [-0.1, -0.05) is 0 Å². The number of piperazine rings is 1. The van der Waals surface area contributed by atoms with Crippen molar-refractivity contribution in [1.29, 1.82) is 0 Å². The van der Waals surface area contributed by atoms with Crippen molar-refractivity contribution in [3.05, 3.63) is 48.8 Å².